The summed E-state index contributed by atoms with van der Waals surface area (Å²) in [5, 5.41) is 3.57. The van der Waals surface area contributed by atoms with Crippen LogP contribution in [-0.2, 0) is 0 Å². The van der Waals surface area contributed by atoms with Crippen molar-refractivity contribution in [3.63, 3.8) is 0 Å². The molecule has 0 aliphatic heterocycles. The highest BCUT2D eigenvalue weighted by atomic mass is 35.5. The number of aryl methyl sites for hydroxylation is 1. The lowest BCUT2D eigenvalue weighted by Gasteiger charge is -2.09. The normalized spacial score (nSPS) is 10.4. The number of ether oxygens (including phenoxy) is 1. The van der Waals surface area contributed by atoms with Gasteiger partial charge in [0.15, 0.2) is 6.61 Å². The van der Waals surface area contributed by atoms with Crippen LogP contribution in [0.2, 0.25) is 10.0 Å². The van der Waals surface area contributed by atoms with Gasteiger partial charge in [-0.15, -0.1) is 0 Å². The molecule has 3 aromatic carbocycles. The smallest absolute Gasteiger partial charge is 0.255 e. The first-order valence-corrected chi connectivity index (χ1v) is 9.27. The van der Waals surface area contributed by atoms with Gasteiger partial charge < -0.3 is 10.1 Å². The summed E-state index contributed by atoms with van der Waals surface area (Å²) in [4.78, 5) is 24.5. The van der Waals surface area contributed by atoms with Gasteiger partial charge in [0, 0.05) is 21.8 Å². The van der Waals surface area contributed by atoms with Gasteiger partial charge in [0.2, 0.25) is 5.78 Å². The summed E-state index contributed by atoms with van der Waals surface area (Å²) in [6, 6.07) is 18.8. The van der Waals surface area contributed by atoms with E-state index in [0.717, 1.165) is 5.56 Å². The molecule has 3 rings (SSSR count). The summed E-state index contributed by atoms with van der Waals surface area (Å²) in [6.07, 6.45) is 0. The second-order valence-corrected chi connectivity index (χ2v) is 7.02. The summed E-state index contributed by atoms with van der Waals surface area (Å²) < 4.78 is 5.51. The van der Waals surface area contributed by atoms with E-state index in [0.29, 0.717) is 27.6 Å². The van der Waals surface area contributed by atoms with Crippen LogP contribution in [0.15, 0.2) is 66.7 Å². The lowest BCUT2D eigenvalue weighted by Crippen LogP contribution is -2.13. The molecule has 0 fully saturated rings. The van der Waals surface area contributed by atoms with Crippen molar-refractivity contribution in [1.82, 2.24) is 0 Å². The van der Waals surface area contributed by atoms with E-state index in [9.17, 15) is 9.59 Å². The summed E-state index contributed by atoms with van der Waals surface area (Å²) >= 11 is 11.9. The van der Waals surface area contributed by atoms with Gasteiger partial charge in [-0.05, 0) is 61.5 Å². The topological polar surface area (TPSA) is 55.4 Å². The van der Waals surface area contributed by atoms with E-state index in [-0.39, 0.29) is 23.3 Å². The number of ketones is 1. The molecular formula is C22H17Cl2NO3. The molecule has 0 spiro atoms. The van der Waals surface area contributed by atoms with E-state index in [4.69, 9.17) is 27.9 Å². The van der Waals surface area contributed by atoms with Crippen LogP contribution in [0, 0.1) is 6.92 Å². The average Bonchev–Trinajstić information content (AvgIpc) is 2.67. The summed E-state index contributed by atoms with van der Waals surface area (Å²) in [5.74, 6) is 0.0615. The molecule has 28 heavy (non-hydrogen) atoms. The van der Waals surface area contributed by atoms with E-state index in [1.54, 1.807) is 48.5 Å². The van der Waals surface area contributed by atoms with Crippen LogP contribution < -0.4 is 10.1 Å². The predicted molar refractivity (Wildman–Crippen MR) is 112 cm³/mol. The Bertz CT molecular complexity index is 999. The Morgan fingerprint density at radius 1 is 0.929 bits per heavy atom. The van der Waals surface area contributed by atoms with Crippen molar-refractivity contribution in [2.24, 2.45) is 0 Å². The number of hydrogen-bond donors (Lipinski definition) is 1. The minimum atomic E-state index is -0.251. The van der Waals surface area contributed by atoms with Crippen LogP contribution in [-0.4, -0.2) is 18.3 Å². The number of halogens is 2. The predicted octanol–water partition coefficient (Wildman–Crippen LogP) is 5.82. The van der Waals surface area contributed by atoms with E-state index in [1.165, 1.54) is 6.07 Å². The highest BCUT2D eigenvalue weighted by Crippen LogP contribution is 2.22. The van der Waals surface area contributed by atoms with Gasteiger partial charge in [0.1, 0.15) is 5.75 Å². The Kier molecular flexibility index (Phi) is 6.34. The zero-order chi connectivity index (χ0) is 20.1. The fourth-order valence-electron chi connectivity index (χ4n) is 2.48. The van der Waals surface area contributed by atoms with Crippen molar-refractivity contribution in [2.75, 3.05) is 11.9 Å². The van der Waals surface area contributed by atoms with Gasteiger partial charge in [0.25, 0.3) is 5.91 Å². The van der Waals surface area contributed by atoms with Crippen LogP contribution >= 0.6 is 23.2 Å². The van der Waals surface area contributed by atoms with Crippen molar-refractivity contribution in [3.05, 3.63) is 93.5 Å². The average molecular weight is 414 g/mol. The third-order valence-corrected chi connectivity index (χ3v) is 4.58. The lowest BCUT2D eigenvalue weighted by molar-refractivity contribution is 0.0921. The summed E-state index contributed by atoms with van der Waals surface area (Å²) in [5.41, 5.74) is 2.65. The quantitative estimate of drug-likeness (QED) is 0.518. The molecule has 0 radical (unpaired) electrons. The molecule has 0 heterocycles. The van der Waals surface area contributed by atoms with Crippen molar-refractivity contribution < 1.29 is 14.3 Å². The van der Waals surface area contributed by atoms with Gasteiger partial charge in [-0.1, -0.05) is 40.9 Å². The molecule has 0 bridgehead atoms. The Labute approximate surface area is 173 Å². The highest BCUT2D eigenvalue weighted by Gasteiger charge is 2.12. The van der Waals surface area contributed by atoms with E-state index < -0.39 is 0 Å². The zero-order valence-corrected chi connectivity index (χ0v) is 16.6. The standard InChI is InChI=1S/C22H17Cl2NO3/c1-14-2-4-15(5-3-14)22(27)25-17-7-9-18(10-8-17)28-13-21(26)19-11-6-16(23)12-20(19)24/h2-12H,13H2,1H3,(H,25,27). The molecule has 1 amide bonds. The summed E-state index contributed by atoms with van der Waals surface area (Å²) in [6.45, 7) is 1.81. The molecule has 142 valence electrons. The number of nitrogens with one attached hydrogen (secondary N) is 1. The maximum Gasteiger partial charge on any atom is 0.255 e. The van der Waals surface area contributed by atoms with Crippen molar-refractivity contribution in [2.45, 2.75) is 6.92 Å². The SMILES string of the molecule is Cc1ccc(C(=O)Nc2ccc(OCC(=O)c3ccc(Cl)cc3Cl)cc2)cc1. The number of Topliss-reactive ketones (excluding diaryl/α,β-unsaturated/α-hetero) is 1. The Morgan fingerprint density at radius 2 is 1.61 bits per heavy atom. The van der Waals surface area contributed by atoms with Gasteiger partial charge in [0.05, 0.1) is 5.02 Å². The van der Waals surface area contributed by atoms with Crippen LogP contribution in [0.5, 0.6) is 5.75 Å². The van der Waals surface area contributed by atoms with Crippen molar-refractivity contribution in [3.8, 4) is 5.75 Å². The first-order chi connectivity index (χ1) is 13.4. The monoisotopic (exact) mass is 413 g/mol. The summed E-state index contributed by atoms with van der Waals surface area (Å²) in [7, 11) is 0. The van der Waals surface area contributed by atoms with Crippen molar-refractivity contribution in [1.29, 1.82) is 0 Å². The molecule has 4 nitrogen and oxygen atoms in total. The fourth-order valence-corrected chi connectivity index (χ4v) is 3.00. The molecule has 0 aromatic heterocycles. The number of rotatable bonds is 6. The number of hydrogen-bond acceptors (Lipinski definition) is 3. The van der Waals surface area contributed by atoms with Gasteiger partial charge >= 0.3 is 0 Å². The fraction of sp³-hybridized carbons (Fsp3) is 0.0909. The molecule has 0 atom stereocenters. The maximum atomic E-state index is 12.2. The van der Waals surface area contributed by atoms with Gasteiger partial charge in [-0.25, -0.2) is 0 Å². The van der Waals surface area contributed by atoms with Crippen LogP contribution in [0.25, 0.3) is 0 Å². The van der Waals surface area contributed by atoms with Crippen LogP contribution in [0.3, 0.4) is 0 Å². The molecular weight excluding hydrogens is 397 g/mol. The zero-order valence-electron chi connectivity index (χ0n) is 15.0. The number of benzene rings is 3. The van der Waals surface area contributed by atoms with E-state index in [1.807, 2.05) is 19.1 Å². The molecule has 0 unspecified atom stereocenters. The maximum absolute atomic E-state index is 12.2. The molecule has 0 saturated heterocycles. The van der Waals surface area contributed by atoms with Gasteiger partial charge in [-0.3, -0.25) is 9.59 Å². The van der Waals surface area contributed by atoms with Crippen LogP contribution in [0.1, 0.15) is 26.3 Å². The first kappa shape index (κ1) is 19.9. The first-order valence-electron chi connectivity index (χ1n) is 8.51. The van der Waals surface area contributed by atoms with Crippen molar-refractivity contribution >= 4 is 40.6 Å². The second kappa shape index (κ2) is 8.91. The minimum absolute atomic E-state index is 0.156. The Balaban J connectivity index is 1.57. The number of carbonyl (C=O) groups is 2. The number of amides is 1. The lowest BCUT2D eigenvalue weighted by atomic mass is 10.1. The minimum Gasteiger partial charge on any atom is -0.485 e. The molecule has 1 N–H and O–H groups in total. The Morgan fingerprint density at radius 3 is 2.25 bits per heavy atom. The highest BCUT2D eigenvalue weighted by molar-refractivity contribution is 6.36. The molecule has 0 saturated carbocycles. The number of carbonyl (C=O) groups excluding carboxylic acids is 2. The third-order valence-electron chi connectivity index (χ3n) is 4.03. The molecule has 0 aliphatic carbocycles. The second-order valence-electron chi connectivity index (χ2n) is 6.18. The number of anilines is 1. The third kappa shape index (κ3) is 5.12. The Hall–Kier alpha value is -2.82. The van der Waals surface area contributed by atoms with Gasteiger partial charge in [-0.2, -0.15) is 0 Å². The van der Waals surface area contributed by atoms with E-state index in [2.05, 4.69) is 5.32 Å². The molecule has 0 aliphatic rings. The molecule has 3 aromatic rings. The largest absolute Gasteiger partial charge is 0.485 e. The van der Waals surface area contributed by atoms with Crippen LogP contribution in [0.4, 0.5) is 5.69 Å². The molecule has 6 heteroatoms. The van der Waals surface area contributed by atoms with E-state index >= 15 is 0 Å².